The number of alkyl halides is 1. The van der Waals surface area contributed by atoms with E-state index in [0.29, 0.717) is 10.9 Å². The van der Waals surface area contributed by atoms with E-state index in [1.807, 2.05) is 6.92 Å². The Morgan fingerprint density at radius 2 is 2.29 bits per heavy atom. The molecule has 0 aromatic heterocycles. The second-order valence-electron chi connectivity index (χ2n) is 2.79. The van der Waals surface area contributed by atoms with Crippen molar-refractivity contribution in [3.8, 4) is 11.8 Å². The van der Waals surface area contributed by atoms with E-state index in [-0.39, 0.29) is 5.56 Å². The highest BCUT2D eigenvalue weighted by atomic mass is 79.9. The Hall–Kier alpha value is -1.27. The molecule has 14 heavy (non-hydrogen) atoms. The molecule has 1 rings (SSSR count). The lowest BCUT2D eigenvalue weighted by atomic mass is 10.1. The summed E-state index contributed by atoms with van der Waals surface area (Å²) in [5, 5.41) is 9.42. The van der Waals surface area contributed by atoms with Gasteiger partial charge in [0.05, 0.1) is 10.9 Å². The van der Waals surface area contributed by atoms with Crippen molar-refractivity contribution in [2.45, 2.75) is 6.92 Å². The van der Waals surface area contributed by atoms with Crippen LogP contribution >= 0.6 is 15.9 Å². The summed E-state index contributed by atoms with van der Waals surface area (Å²) >= 11 is 3.17. The predicted molar refractivity (Wildman–Crippen MR) is 58.8 cm³/mol. The Morgan fingerprint density at radius 1 is 1.57 bits per heavy atom. The molecule has 0 unspecified atom stereocenters. The number of aryl methyl sites for hydroxylation is 1. The third-order valence-corrected chi connectivity index (χ3v) is 1.98. The minimum absolute atomic E-state index is 0.254. The van der Waals surface area contributed by atoms with Gasteiger partial charge in [-0.05, 0) is 24.6 Å². The Labute approximate surface area is 91.1 Å². The molecule has 0 aliphatic heterocycles. The van der Waals surface area contributed by atoms with Crippen molar-refractivity contribution in [1.82, 2.24) is 0 Å². The molecule has 0 bridgehead atoms. The normalized spacial score (nSPS) is 9.00. The standard InChI is InChI=1S/C11H9BrO2/c1-8-4-5-10(11(13)14)9(7-8)3-2-6-12/h4-5,7H,6H2,1H3,(H,13,14). The van der Waals surface area contributed by atoms with Crippen LogP contribution < -0.4 is 0 Å². The molecule has 0 fully saturated rings. The molecule has 0 saturated heterocycles. The average Bonchev–Trinajstić information content (AvgIpc) is 2.14. The molecule has 1 N–H and O–H groups in total. The number of aromatic carboxylic acids is 1. The molecular formula is C11H9BrO2. The lowest BCUT2D eigenvalue weighted by Gasteiger charge is -1.99. The summed E-state index contributed by atoms with van der Waals surface area (Å²) in [5.41, 5.74) is 1.83. The quantitative estimate of drug-likeness (QED) is 0.616. The van der Waals surface area contributed by atoms with Crippen LogP contribution in [0.5, 0.6) is 0 Å². The molecule has 72 valence electrons. The van der Waals surface area contributed by atoms with Crippen LogP contribution in [0.15, 0.2) is 18.2 Å². The molecule has 0 heterocycles. The zero-order valence-electron chi connectivity index (χ0n) is 7.67. The summed E-state index contributed by atoms with van der Waals surface area (Å²) in [5.74, 6) is 4.66. The lowest BCUT2D eigenvalue weighted by molar-refractivity contribution is 0.0696. The van der Waals surface area contributed by atoms with Gasteiger partial charge in [0.25, 0.3) is 0 Å². The van der Waals surface area contributed by atoms with Crippen LogP contribution in [0.4, 0.5) is 0 Å². The third kappa shape index (κ3) is 2.61. The minimum atomic E-state index is -0.941. The van der Waals surface area contributed by atoms with Gasteiger partial charge in [-0.2, -0.15) is 0 Å². The van der Waals surface area contributed by atoms with E-state index in [1.165, 1.54) is 0 Å². The molecule has 2 nitrogen and oxygen atoms in total. The molecule has 1 aromatic carbocycles. The summed E-state index contributed by atoms with van der Waals surface area (Å²) in [4.78, 5) is 10.8. The highest BCUT2D eigenvalue weighted by molar-refractivity contribution is 9.09. The molecular weight excluding hydrogens is 244 g/mol. The van der Waals surface area contributed by atoms with Crippen LogP contribution in [-0.2, 0) is 0 Å². The molecule has 0 saturated carbocycles. The summed E-state index contributed by atoms with van der Waals surface area (Å²) < 4.78 is 0. The van der Waals surface area contributed by atoms with Gasteiger partial charge in [-0.3, -0.25) is 0 Å². The van der Waals surface area contributed by atoms with Gasteiger partial charge >= 0.3 is 5.97 Å². The topological polar surface area (TPSA) is 37.3 Å². The van der Waals surface area contributed by atoms with Crippen LogP contribution in [0.2, 0.25) is 0 Å². The van der Waals surface area contributed by atoms with Crippen molar-refractivity contribution in [2.75, 3.05) is 5.33 Å². The van der Waals surface area contributed by atoms with Crippen molar-refractivity contribution in [3.63, 3.8) is 0 Å². The van der Waals surface area contributed by atoms with E-state index in [1.54, 1.807) is 18.2 Å². The third-order valence-electron chi connectivity index (χ3n) is 1.70. The summed E-state index contributed by atoms with van der Waals surface area (Å²) in [7, 11) is 0. The summed E-state index contributed by atoms with van der Waals surface area (Å²) in [6.07, 6.45) is 0. The van der Waals surface area contributed by atoms with Crippen molar-refractivity contribution in [2.24, 2.45) is 0 Å². The lowest BCUT2D eigenvalue weighted by Crippen LogP contribution is -2.00. The Morgan fingerprint density at radius 3 is 2.86 bits per heavy atom. The fourth-order valence-corrected chi connectivity index (χ4v) is 1.22. The smallest absolute Gasteiger partial charge is 0.336 e. The fraction of sp³-hybridized carbons (Fsp3) is 0.182. The van der Waals surface area contributed by atoms with Crippen molar-refractivity contribution in [3.05, 3.63) is 34.9 Å². The van der Waals surface area contributed by atoms with Crippen LogP contribution in [-0.4, -0.2) is 16.4 Å². The molecule has 0 amide bonds. The van der Waals surface area contributed by atoms with Crippen LogP contribution in [0.25, 0.3) is 0 Å². The number of halogens is 1. The number of carbonyl (C=O) groups is 1. The van der Waals surface area contributed by atoms with Gasteiger partial charge in [-0.15, -0.1) is 0 Å². The second kappa shape index (κ2) is 4.83. The van der Waals surface area contributed by atoms with Gasteiger partial charge in [0.2, 0.25) is 0 Å². The number of hydrogen-bond acceptors (Lipinski definition) is 1. The van der Waals surface area contributed by atoms with E-state index >= 15 is 0 Å². The van der Waals surface area contributed by atoms with Crippen molar-refractivity contribution >= 4 is 21.9 Å². The largest absolute Gasteiger partial charge is 0.478 e. The molecule has 0 aliphatic carbocycles. The van der Waals surface area contributed by atoms with E-state index in [0.717, 1.165) is 5.56 Å². The van der Waals surface area contributed by atoms with E-state index < -0.39 is 5.97 Å². The molecule has 0 aliphatic rings. The van der Waals surface area contributed by atoms with Crippen LogP contribution in [0, 0.1) is 18.8 Å². The Bertz CT molecular complexity index is 413. The van der Waals surface area contributed by atoms with Crippen LogP contribution in [0.3, 0.4) is 0 Å². The second-order valence-corrected chi connectivity index (χ2v) is 3.35. The first kappa shape index (κ1) is 10.8. The maximum absolute atomic E-state index is 10.8. The van der Waals surface area contributed by atoms with Gasteiger partial charge in [0, 0.05) is 5.56 Å². The molecule has 0 atom stereocenters. The number of carboxylic acids is 1. The van der Waals surface area contributed by atoms with Crippen molar-refractivity contribution in [1.29, 1.82) is 0 Å². The maximum Gasteiger partial charge on any atom is 0.336 e. The number of carboxylic acid groups (broad SMARTS) is 1. The molecule has 0 spiro atoms. The first-order chi connectivity index (χ1) is 6.65. The van der Waals surface area contributed by atoms with E-state index in [2.05, 4.69) is 27.8 Å². The summed E-state index contributed by atoms with van der Waals surface area (Å²) in [6, 6.07) is 5.12. The number of rotatable bonds is 1. The number of benzene rings is 1. The monoisotopic (exact) mass is 252 g/mol. The van der Waals surface area contributed by atoms with Gasteiger partial charge in [0.15, 0.2) is 0 Å². The molecule has 0 radical (unpaired) electrons. The average molecular weight is 253 g/mol. The predicted octanol–water partition coefficient (Wildman–Crippen LogP) is 2.44. The minimum Gasteiger partial charge on any atom is -0.478 e. The van der Waals surface area contributed by atoms with Crippen molar-refractivity contribution < 1.29 is 9.90 Å². The fourth-order valence-electron chi connectivity index (χ4n) is 1.08. The maximum atomic E-state index is 10.8. The highest BCUT2D eigenvalue weighted by Gasteiger charge is 2.07. The van der Waals surface area contributed by atoms with E-state index in [9.17, 15) is 4.79 Å². The Balaban J connectivity index is 3.22. The first-order valence-corrected chi connectivity index (χ1v) is 5.16. The number of hydrogen-bond donors (Lipinski definition) is 1. The van der Waals surface area contributed by atoms with Gasteiger partial charge < -0.3 is 5.11 Å². The highest BCUT2D eigenvalue weighted by Crippen LogP contribution is 2.10. The van der Waals surface area contributed by atoms with Gasteiger partial charge in [-0.1, -0.05) is 33.8 Å². The Kier molecular flexibility index (Phi) is 3.73. The zero-order valence-corrected chi connectivity index (χ0v) is 9.26. The van der Waals surface area contributed by atoms with E-state index in [4.69, 9.17) is 5.11 Å². The summed E-state index contributed by atoms with van der Waals surface area (Å²) in [6.45, 7) is 1.91. The molecule has 3 heteroatoms. The van der Waals surface area contributed by atoms with Gasteiger partial charge in [-0.25, -0.2) is 4.79 Å². The first-order valence-electron chi connectivity index (χ1n) is 4.04. The van der Waals surface area contributed by atoms with Gasteiger partial charge in [0.1, 0.15) is 0 Å². The SMILES string of the molecule is Cc1ccc(C(=O)O)c(C#CCBr)c1. The zero-order chi connectivity index (χ0) is 10.6. The van der Waals surface area contributed by atoms with Crippen LogP contribution in [0.1, 0.15) is 21.5 Å². The molecule has 1 aromatic rings.